The van der Waals surface area contributed by atoms with Crippen LogP contribution >= 0.6 is 0 Å². The van der Waals surface area contributed by atoms with E-state index in [9.17, 15) is 10.1 Å². The monoisotopic (exact) mass is 373 g/mol. The van der Waals surface area contributed by atoms with E-state index in [2.05, 4.69) is 18.0 Å². The Morgan fingerprint density at radius 3 is 2.57 bits per heavy atom. The lowest BCUT2D eigenvalue weighted by molar-refractivity contribution is -0.128. The van der Waals surface area contributed by atoms with Crippen LogP contribution in [0.15, 0.2) is 42.1 Å². The summed E-state index contributed by atoms with van der Waals surface area (Å²) in [5.74, 6) is 1.45. The number of carbonyl (C=O) groups is 1. The SMILES string of the molecule is COc1ccc(-c2ncc3c(n2)C2(C)C=C(C#N)C(=O)C(C)(C)C2CC3)cc1. The second-order valence-electron chi connectivity index (χ2n) is 8.39. The predicted octanol–water partition coefficient (Wildman–Crippen LogP) is 4.03. The second-order valence-corrected chi connectivity index (χ2v) is 8.39. The van der Waals surface area contributed by atoms with E-state index in [1.807, 2.05) is 50.4 Å². The van der Waals surface area contributed by atoms with E-state index in [0.717, 1.165) is 35.4 Å². The first-order valence-electron chi connectivity index (χ1n) is 9.50. The van der Waals surface area contributed by atoms with Gasteiger partial charge < -0.3 is 4.74 Å². The highest BCUT2D eigenvalue weighted by Crippen LogP contribution is 2.54. The molecule has 0 bridgehead atoms. The summed E-state index contributed by atoms with van der Waals surface area (Å²) in [5.41, 5.74) is 2.09. The minimum atomic E-state index is -0.600. The Kier molecular flexibility index (Phi) is 4.11. The fraction of sp³-hybridized carbons (Fsp3) is 0.391. The number of methoxy groups -OCH3 is 1. The molecule has 0 radical (unpaired) electrons. The molecular weight excluding hydrogens is 350 g/mol. The lowest BCUT2D eigenvalue weighted by Crippen LogP contribution is -2.51. The van der Waals surface area contributed by atoms with Crippen LogP contribution in [0.25, 0.3) is 11.4 Å². The molecule has 28 heavy (non-hydrogen) atoms. The quantitative estimate of drug-likeness (QED) is 0.794. The van der Waals surface area contributed by atoms with E-state index in [-0.39, 0.29) is 17.3 Å². The number of ketones is 1. The maximum absolute atomic E-state index is 12.8. The molecule has 0 amide bonds. The van der Waals surface area contributed by atoms with E-state index >= 15 is 0 Å². The first kappa shape index (κ1) is 18.4. The first-order chi connectivity index (χ1) is 13.3. The molecule has 2 atom stereocenters. The van der Waals surface area contributed by atoms with Crippen molar-refractivity contribution < 1.29 is 9.53 Å². The van der Waals surface area contributed by atoms with Crippen molar-refractivity contribution in [2.75, 3.05) is 7.11 Å². The van der Waals surface area contributed by atoms with Gasteiger partial charge in [-0.3, -0.25) is 4.79 Å². The largest absolute Gasteiger partial charge is 0.497 e. The fourth-order valence-corrected chi connectivity index (χ4v) is 4.93. The van der Waals surface area contributed by atoms with Gasteiger partial charge in [-0.15, -0.1) is 0 Å². The van der Waals surface area contributed by atoms with Crippen molar-refractivity contribution in [3.63, 3.8) is 0 Å². The fourth-order valence-electron chi connectivity index (χ4n) is 4.93. The molecule has 5 heteroatoms. The van der Waals surface area contributed by atoms with Crippen molar-refractivity contribution in [1.82, 2.24) is 9.97 Å². The van der Waals surface area contributed by atoms with Gasteiger partial charge in [-0.2, -0.15) is 5.26 Å². The maximum Gasteiger partial charge on any atom is 0.178 e. The van der Waals surface area contributed by atoms with Gasteiger partial charge in [0.2, 0.25) is 0 Å². The lowest BCUT2D eigenvalue weighted by Gasteiger charge is -2.50. The summed E-state index contributed by atoms with van der Waals surface area (Å²) < 4.78 is 5.23. The number of rotatable bonds is 2. The van der Waals surface area contributed by atoms with Crippen molar-refractivity contribution in [2.45, 2.75) is 39.0 Å². The van der Waals surface area contributed by atoms with Crippen molar-refractivity contribution in [3.8, 4) is 23.2 Å². The molecule has 0 fully saturated rings. The molecule has 1 aromatic heterocycles. The number of fused-ring (bicyclic) bond motifs is 3. The van der Waals surface area contributed by atoms with Gasteiger partial charge in [-0.25, -0.2) is 9.97 Å². The Balaban J connectivity index is 1.88. The number of aromatic nitrogens is 2. The summed E-state index contributed by atoms with van der Waals surface area (Å²) in [6, 6.07) is 9.76. The average molecular weight is 373 g/mol. The van der Waals surface area contributed by atoms with Crippen LogP contribution in [0.5, 0.6) is 5.75 Å². The molecule has 142 valence electrons. The van der Waals surface area contributed by atoms with Crippen molar-refractivity contribution >= 4 is 5.78 Å². The van der Waals surface area contributed by atoms with Crippen LogP contribution < -0.4 is 4.74 Å². The number of allylic oxidation sites excluding steroid dienone is 2. The predicted molar refractivity (Wildman–Crippen MR) is 106 cm³/mol. The van der Waals surface area contributed by atoms with Crippen molar-refractivity contribution in [3.05, 3.63) is 53.4 Å². The normalized spacial score (nSPS) is 25.2. The number of benzene rings is 1. The number of carbonyl (C=O) groups excluding carboxylic acids is 1. The molecule has 2 aliphatic carbocycles. The van der Waals surface area contributed by atoms with Crippen LogP contribution in [0, 0.1) is 22.7 Å². The highest BCUT2D eigenvalue weighted by atomic mass is 16.5. The summed E-state index contributed by atoms with van der Waals surface area (Å²) >= 11 is 0. The van der Waals surface area contributed by atoms with Gasteiger partial charge in [-0.05, 0) is 48.6 Å². The number of hydrogen-bond donors (Lipinski definition) is 0. The molecule has 0 aliphatic heterocycles. The standard InChI is InChI=1S/C23H23N3O2/c1-22(2)18-10-7-15-13-25-21(14-5-8-17(28-4)9-6-14)26-19(15)23(18,3)11-16(12-24)20(22)27/h5-6,8-9,11,13,18H,7,10H2,1-4H3. The number of hydrogen-bond acceptors (Lipinski definition) is 5. The van der Waals surface area contributed by atoms with Crippen LogP contribution in [-0.4, -0.2) is 22.9 Å². The summed E-state index contributed by atoms with van der Waals surface area (Å²) in [4.78, 5) is 22.3. The third-order valence-corrected chi connectivity index (χ3v) is 6.41. The van der Waals surface area contributed by atoms with Crippen LogP contribution in [0.2, 0.25) is 0 Å². The van der Waals surface area contributed by atoms with Gasteiger partial charge in [0, 0.05) is 22.6 Å². The topological polar surface area (TPSA) is 75.9 Å². The Hall–Kier alpha value is -3.00. The number of nitriles is 1. The molecule has 1 heterocycles. The zero-order valence-corrected chi connectivity index (χ0v) is 16.6. The molecule has 4 rings (SSSR count). The van der Waals surface area contributed by atoms with Gasteiger partial charge >= 0.3 is 0 Å². The van der Waals surface area contributed by atoms with Crippen LogP contribution in [0.1, 0.15) is 38.4 Å². The third kappa shape index (κ3) is 2.56. The second kappa shape index (κ2) is 6.27. The number of nitrogens with zero attached hydrogens (tertiary/aromatic N) is 3. The number of Topliss-reactive ketones (excluding diaryl/α,β-unsaturated/α-hetero) is 1. The Morgan fingerprint density at radius 2 is 1.93 bits per heavy atom. The minimum Gasteiger partial charge on any atom is -0.497 e. The summed E-state index contributed by atoms with van der Waals surface area (Å²) in [7, 11) is 1.64. The van der Waals surface area contributed by atoms with Gasteiger partial charge in [0.05, 0.1) is 18.4 Å². The maximum atomic E-state index is 12.8. The Labute approximate surface area is 165 Å². The van der Waals surface area contributed by atoms with Crippen LogP contribution in [0.3, 0.4) is 0 Å². The number of ether oxygens (including phenoxy) is 1. The Bertz CT molecular complexity index is 1030. The van der Waals surface area contributed by atoms with Crippen molar-refractivity contribution in [2.24, 2.45) is 11.3 Å². The summed E-state index contributed by atoms with van der Waals surface area (Å²) in [5, 5.41) is 9.54. The van der Waals surface area contributed by atoms with Crippen LogP contribution in [-0.2, 0) is 16.6 Å². The first-order valence-corrected chi connectivity index (χ1v) is 9.50. The van der Waals surface area contributed by atoms with Gasteiger partial charge in [0.1, 0.15) is 11.8 Å². The van der Waals surface area contributed by atoms with Gasteiger partial charge in [0.25, 0.3) is 0 Å². The molecule has 5 nitrogen and oxygen atoms in total. The highest BCUT2D eigenvalue weighted by molar-refractivity contribution is 6.04. The minimum absolute atomic E-state index is 0.0645. The van der Waals surface area contributed by atoms with Gasteiger partial charge in [-0.1, -0.05) is 26.8 Å². The molecule has 2 aromatic rings. The van der Waals surface area contributed by atoms with Crippen LogP contribution in [0.4, 0.5) is 0 Å². The zero-order chi connectivity index (χ0) is 20.1. The molecule has 2 aliphatic rings. The third-order valence-electron chi connectivity index (χ3n) is 6.41. The summed E-state index contributed by atoms with van der Waals surface area (Å²) in [6.45, 7) is 6.02. The Morgan fingerprint density at radius 1 is 1.21 bits per heavy atom. The van der Waals surface area contributed by atoms with E-state index in [1.54, 1.807) is 7.11 Å². The lowest BCUT2D eigenvalue weighted by atomic mass is 9.52. The molecule has 2 unspecified atom stereocenters. The molecule has 0 saturated carbocycles. The highest BCUT2D eigenvalue weighted by Gasteiger charge is 2.54. The summed E-state index contributed by atoms with van der Waals surface area (Å²) in [6.07, 6.45) is 5.45. The molecule has 0 spiro atoms. The molecule has 0 saturated heterocycles. The smallest absolute Gasteiger partial charge is 0.178 e. The number of aryl methyl sites for hydroxylation is 1. The zero-order valence-electron chi connectivity index (χ0n) is 16.6. The van der Waals surface area contributed by atoms with Crippen molar-refractivity contribution in [1.29, 1.82) is 5.26 Å². The van der Waals surface area contributed by atoms with Gasteiger partial charge in [0.15, 0.2) is 11.6 Å². The molecular formula is C23H23N3O2. The van der Waals surface area contributed by atoms with E-state index in [4.69, 9.17) is 9.72 Å². The molecule has 0 N–H and O–H groups in total. The van der Waals surface area contributed by atoms with E-state index < -0.39 is 10.8 Å². The van der Waals surface area contributed by atoms with E-state index in [0.29, 0.717) is 5.82 Å². The van der Waals surface area contributed by atoms with E-state index in [1.165, 1.54) is 0 Å². The molecule has 1 aromatic carbocycles. The average Bonchev–Trinajstić information content (AvgIpc) is 2.70.